The molecule has 5 rings (SSSR count). The van der Waals surface area contributed by atoms with E-state index in [2.05, 4.69) is 20.6 Å². The molecule has 42 heavy (non-hydrogen) atoms. The Balaban J connectivity index is 1.46. The highest BCUT2D eigenvalue weighted by Crippen LogP contribution is 2.38. The van der Waals surface area contributed by atoms with Gasteiger partial charge in [-0.3, -0.25) is 14.5 Å². The maximum absolute atomic E-state index is 13.6. The lowest BCUT2D eigenvalue weighted by molar-refractivity contribution is -0.141. The molecule has 11 heteroatoms. The van der Waals surface area contributed by atoms with Gasteiger partial charge in [-0.2, -0.15) is 18.3 Å². The topological polar surface area (TPSA) is 105 Å². The number of rotatable bonds is 9. The summed E-state index contributed by atoms with van der Waals surface area (Å²) in [4.78, 5) is 27.1. The number of hydrogen-bond acceptors (Lipinski definition) is 5. The second-order valence-electron chi connectivity index (χ2n) is 10.4. The van der Waals surface area contributed by atoms with E-state index in [0.29, 0.717) is 28.7 Å². The van der Waals surface area contributed by atoms with E-state index < -0.39 is 17.8 Å². The van der Waals surface area contributed by atoms with Gasteiger partial charge in [0.2, 0.25) is 5.91 Å². The number of aromatic nitrogens is 2. The molecule has 0 spiro atoms. The van der Waals surface area contributed by atoms with Crippen LogP contribution in [0.25, 0.3) is 5.69 Å². The van der Waals surface area contributed by atoms with Crippen LogP contribution in [-0.4, -0.2) is 39.6 Å². The average molecular weight is 577 g/mol. The van der Waals surface area contributed by atoms with Crippen LogP contribution in [0.3, 0.4) is 0 Å². The molecule has 1 unspecified atom stereocenters. The van der Waals surface area contributed by atoms with E-state index in [1.807, 2.05) is 43.4 Å². The van der Waals surface area contributed by atoms with Crippen LogP contribution >= 0.6 is 0 Å². The number of alkyl halides is 3. The SMILES string of the molecule is CC(=O)Nc1ccc(C(c2cccc(NC(=O)c3cc(C(F)(F)F)nn3-c3cccc(CN)c3)c2)N(C)C2CC2)cc1. The number of carbonyl (C=O) groups is 2. The Morgan fingerprint density at radius 2 is 1.69 bits per heavy atom. The first-order chi connectivity index (χ1) is 20.0. The number of nitrogens with zero attached hydrogens (tertiary/aromatic N) is 3. The summed E-state index contributed by atoms with van der Waals surface area (Å²) >= 11 is 0. The van der Waals surface area contributed by atoms with E-state index in [9.17, 15) is 22.8 Å². The molecule has 0 aliphatic heterocycles. The molecule has 0 bridgehead atoms. The molecule has 1 fully saturated rings. The number of halogens is 3. The van der Waals surface area contributed by atoms with E-state index in [1.54, 1.807) is 36.4 Å². The summed E-state index contributed by atoms with van der Waals surface area (Å²) in [7, 11) is 2.04. The summed E-state index contributed by atoms with van der Waals surface area (Å²) in [5.74, 6) is -0.895. The molecule has 0 saturated heterocycles. The largest absolute Gasteiger partial charge is 0.435 e. The number of benzene rings is 3. The minimum Gasteiger partial charge on any atom is -0.326 e. The van der Waals surface area contributed by atoms with Crippen LogP contribution in [0.15, 0.2) is 78.9 Å². The molecule has 1 heterocycles. The summed E-state index contributed by atoms with van der Waals surface area (Å²) in [6.45, 7) is 1.63. The number of amides is 2. The van der Waals surface area contributed by atoms with Crippen molar-refractivity contribution in [1.82, 2.24) is 14.7 Å². The minimum atomic E-state index is -4.73. The molecule has 3 aromatic carbocycles. The van der Waals surface area contributed by atoms with E-state index >= 15 is 0 Å². The molecular formula is C31H31F3N6O2. The zero-order valence-electron chi connectivity index (χ0n) is 23.2. The van der Waals surface area contributed by atoms with Gasteiger partial charge in [0.15, 0.2) is 5.69 Å². The normalized spacial score (nSPS) is 14.1. The van der Waals surface area contributed by atoms with E-state index in [-0.39, 0.29) is 24.2 Å². The fraction of sp³-hybridized carbons (Fsp3) is 0.258. The highest BCUT2D eigenvalue weighted by molar-refractivity contribution is 6.03. The second kappa shape index (κ2) is 11.8. The predicted molar refractivity (Wildman–Crippen MR) is 154 cm³/mol. The Morgan fingerprint density at radius 3 is 2.33 bits per heavy atom. The van der Waals surface area contributed by atoms with Crippen molar-refractivity contribution in [3.05, 3.63) is 107 Å². The van der Waals surface area contributed by atoms with Crippen LogP contribution in [0.1, 0.15) is 58.7 Å². The van der Waals surface area contributed by atoms with Gasteiger partial charge < -0.3 is 16.4 Å². The van der Waals surface area contributed by atoms with Gasteiger partial charge in [-0.25, -0.2) is 4.68 Å². The highest BCUT2D eigenvalue weighted by Gasteiger charge is 2.36. The predicted octanol–water partition coefficient (Wildman–Crippen LogP) is 5.74. The Labute approximate surface area is 241 Å². The summed E-state index contributed by atoms with van der Waals surface area (Å²) in [5, 5.41) is 9.24. The lowest BCUT2D eigenvalue weighted by Crippen LogP contribution is -2.27. The van der Waals surface area contributed by atoms with Crippen LogP contribution in [0, 0.1) is 0 Å². The molecule has 1 aliphatic rings. The van der Waals surface area contributed by atoms with Crippen molar-refractivity contribution in [2.75, 3.05) is 17.7 Å². The molecule has 0 radical (unpaired) electrons. The van der Waals surface area contributed by atoms with E-state index in [1.165, 1.54) is 6.92 Å². The van der Waals surface area contributed by atoms with Crippen molar-refractivity contribution < 1.29 is 22.8 Å². The van der Waals surface area contributed by atoms with Crippen LogP contribution in [0.2, 0.25) is 0 Å². The summed E-state index contributed by atoms with van der Waals surface area (Å²) < 4.78 is 41.8. The van der Waals surface area contributed by atoms with Crippen molar-refractivity contribution in [3.8, 4) is 5.69 Å². The lowest BCUT2D eigenvalue weighted by Gasteiger charge is -2.29. The van der Waals surface area contributed by atoms with Gasteiger partial charge in [-0.15, -0.1) is 0 Å². The Kier molecular flexibility index (Phi) is 8.15. The van der Waals surface area contributed by atoms with Crippen molar-refractivity contribution in [2.24, 2.45) is 5.73 Å². The Hall–Kier alpha value is -4.48. The summed E-state index contributed by atoms with van der Waals surface area (Å²) in [6.07, 6.45) is -2.59. The van der Waals surface area contributed by atoms with Gasteiger partial charge in [-0.05, 0) is 73.0 Å². The lowest BCUT2D eigenvalue weighted by atomic mass is 9.96. The van der Waals surface area contributed by atoms with Crippen molar-refractivity contribution in [3.63, 3.8) is 0 Å². The quantitative estimate of drug-likeness (QED) is 0.236. The summed E-state index contributed by atoms with van der Waals surface area (Å²) in [5.41, 5.74) is 8.27. The Bertz CT molecular complexity index is 1590. The van der Waals surface area contributed by atoms with Gasteiger partial charge in [0, 0.05) is 37.0 Å². The molecule has 1 aromatic heterocycles. The summed E-state index contributed by atoms with van der Waals surface area (Å²) in [6, 6.07) is 22.4. The van der Waals surface area contributed by atoms with Gasteiger partial charge >= 0.3 is 6.18 Å². The van der Waals surface area contributed by atoms with Crippen LogP contribution < -0.4 is 16.4 Å². The molecule has 1 aliphatic carbocycles. The van der Waals surface area contributed by atoms with Gasteiger partial charge in [0.25, 0.3) is 5.91 Å². The maximum atomic E-state index is 13.6. The van der Waals surface area contributed by atoms with Crippen LogP contribution in [0.4, 0.5) is 24.5 Å². The number of nitrogens with two attached hydrogens (primary N) is 1. The van der Waals surface area contributed by atoms with E-state index in [0.717, 1.165) is 34.7 Å². The van der Waals surface area contributed by atoms with Crippen molar-refractivity contribution in [2.45, 2.75) is 44.6 Å². The van der Waals surface area contributed by atoms with Crippen LogP contribution in [-0.2, 0) is 17.5 Å². The highest BCUT2D eigenvalue weighted by atomic mass is 19.4. The Morgan fingerprint density at radius 1 is 0.976 bits per heavy atom. The molecule has 4 N–H and O–H groups in total. The molecule has 218 valence electrons. The number of carbonyl (C=O) groups excluding carboxylic acids is 2. The number of nitrogens with one attached hydrogen (secondary N) is 2. The minimum absolute atomic E-state index is 0.151. The van der Waals surface area contributed by atoms with Crippen LogP contribution in [0.5, 0.6) is 0 Å². The second-order valence-corrected chi connectivity index (χ2v) is 10.4. The van der Waals surface area contributed by atoms with E-state index in [4.69, 9.17) is 5.73 Å². The third-order valence-electron chi connectivity index (χ3n) is 7.16. The molecule has 4 aromatic rings. The molecule has 2 amide bonds. The molecule has 1 atom stereocenters. The first kappa shape index (κ1) is 29.0. The van der Waals surface area contributed by atoms with Gasteiger partial charge in [0.05, 0.1) is 11.7 Å². The monoisotopic (exact) mass is 576 g/mol. The van der Waals surface area contributed by atoms with Gasteiger partial charge in [-0.1, -0.05) is 36.4 Å². The fourth-order valence-corrected chi connectivity index (χ4v) is 4.98. The zero-order chi connectivity index (χ0) is 30.0. The fourth-order valence-electron chi connectivity index (χ4n) is 4.98. The third-order valence-corrected chi connectivity index (χ3v) is 7.16. The number of hydrogen-bond donors (Lipinski definition) is 3. The van der Waals surface area contributed by atoms with Gasteiger partial charge in [0.1, 0.15) is 5.69 Å². The third kappa shape index (κ3) is 6.53. The smallest absolute Gasteiger partial charge is 0.326 e. The van der Waals surface area contributed by atoms with Crippen molar-refractivity contribution >= 4 is 23.2 Å². The molecule has 8 nitrogen and oxygen atoms in total. The number of anilines is 2. The molecule has 1 saturated carbocycles. The average Bonchev–Trinajstić information content (AvgIpc) is 3.70. The zero-order valence-corrected chi connectivity index (χ0v) is 23.2. The molecular weight excluding hydrogens is 545 g/mol. The standard InChI is InChI=1S/C31H31F3N6O2/c1-19(41)36-23-11-9-21(10-12-23)29(39(2)25-13-14-25)22-6-4-7-24(16-22)37-30(42)27-17-28(31(32,33)34)38-40(27)26-8-3-5-20(15-26)18-35/h3-12,15-17,25,29H,13-14,18,35H2,1-2H3,(H,36,41)(H,37,42). The first-order valence-electron chi connectivity index (χ1n) is 13.5. The van der Waals surface area contributed by atoms with Crippen molar-refractivity contribution in [1.29, 1.82) is 0 Å². The maximum Gasteiger partial charge on any atom is 0.435 e. The first-order valence-corrected chi connectivity index (χ1v) is 13.5.